The number of rotatable bonds is 5. The van der Waals surface area contributed by atoms with Gasteiger partial charge in [0, 0.05) is 23.5 Å². The zero-order chi connectivity index (χ0) is 17.8. The average Bonchev–Trinajstić information content (AvgIpc) is 2.62. The molecule has 2 aromatic rings. The summed E-state index contributed by atoms with van der Waals surface area (Å²) in [7, 11) is 0. The van der Waals surface area contributed by atoms with Gasteiger partial charge in [-0.25, -0.2) is 0 Å². The van der Waals surface area contributed by atoms with Crippen molar-refractivity contribution in [2.75, 3.05) is 12.4 Å². The molecule has 25 heavy (non-hydrogen) atoms. The lowest BCUT2D eigenvalue weighted by molar-refractivity contribution is -0.102. The van der Waals surface area contributed by atoms with Crippen molar-refractivity contribution in [3.05, 3.63) is 48.0 Å². The van der Waals surface area contributed by atoms with Gasteiger partial charge in [-0.05, 0) is 41.8 Å². The summed E-state index contributed by atoms with van der Waals surface area (Å²) in [6, 6.07) is 13.9. The van der Waals surface area contributed by atoms with E-state index in [1.807, 2.05) is 31.2 Å². The van der Waals surface area contributed by atoms with E-state index in [9.17, 15) is 15.3 Å². The van der Waals surface area contributed by atoms with Gasteiger partial charge in [-0.1, -0.05) is 24.3 Å². The molecule has 0 aromatic heterocycles. The molecule has 3 N–H and O–H groups in total. The molecule has 0 spiro atoms. The highest BCUT2D eigenvalue weighted by Gasteiger charge is 2.27. The Hall–Kier alpha value is -1.53. The van der Waals surface area contributed by atoms with Crippen LogP contribution in [-0.4, -0.2) is 46.0 Å². The Morgan fingerprint density at radius 1 is 1.04 bits per heavy atom. The maximum absolute atomic E-state index is 9.86. The van der Waals surface area contributed by atoms with Gasteiger partial charge in [0.2, 0.25) is 0 Å². The molecule has 0 aliphatic carbocycles. The van der Waals surface area contributed by atoms with E-state index in [0.717, 1.165) is 27.3 Å². The fourth-order valence-corrected chi connectivity index (χ4v) is 3.95. The summed E-state index contributed by atoms with van der Waals surface area (Å²) in [4.78, 5) is 1.13. The monoisotopic (exact) mass is 360 g/mol. The minimum Gasteiger partial charge on any atom is -0.508 e. The van der Waals surface area contributed by atoms with Crippen LogP contribution in [0.15, 0.2) is 47.4 Å². The number of hydrogen-bond acceptors (Lipinski definition) is 5. The lowest BCUT2D eigenvalue weighted by atomic mass is 10.0. The second-order valence-corrected chi connectivity index (χ2v) is 7.62. The summed E-state index contributed by atoms with van der Waals surface area (Å²) < 4.78 is 5.79. The molecule has 0 bridgehead atoms. The van der Waals surface area contributed by atoms with E-state index in [2.05, 4.69) is 12.1 Å². The van der Waals surface area contributed by atoms with E-state index in [4.69, 9.17) is 4.74 Å². The SMILES string of the molecule is Cc1ccc(-c2ccc(SCC3CC(O)CC(CO)O3)cc2)cc1O. The second kappa shape index (κ2) is 8.23. The number of ether oxygens (including phenoxy) is 1. The minimum absolute atomic E-state index is 0.0420. The quantitative estimate of drug-likeness (QED) is 0.713. The molecule has 2 aromatic carbocycles. The number of aryl methyl sites for hydroxylation is 1. The van der Waals surface area contributed by atoms with Crippen molar-refractivity contribution >= 4 is 11.8 Å². The number of aliphatic hydroxyl groups is 2. The normalized spacial score (nSPS) is 23.6. The topological polar surface area (TPSA) is 69.9 Å². The van der Waals surface area contributed by atoms with Gasteiger partial charge in [0.15, 0.2) is 0 Å². The summed E-state index contributed by atoms with van der Waals surface area (Å²) in [5.41, 5.74) is 2.92. The molecule has 1 aliphatic rings. The molecule has 1 saturated heterocycles. The van der Waals surface area contributed by atoms with Crippen LogP contribution in [0.1, 0.15) is 18.4 Å². The zero-order valence-corrected chi connectivity index (χ0v) is 15.1. The van der Waals surface area contributed by atoms with E-state index in [1.165, 1.54) is 0 Å². The molecule has 0 amide bonds. The Morgan fingerprint density at radius 2 is 1.72 bits per heavy atom. The first kappa shape index (κ1) is 18.3. The summed E-state index contributed by atoms with van der Waals surface area (Å²) in [6.45, 7) is 1.83. The third-order valence-corrected chi connectivity index (χ3v) is 5.64. The second-order valence-electron chi connectivity index (χ2n) is 6.52. The molecular weight excluding hydrogens is 336 g/mol. The average molecular weight is 360 g/mol. The van der Waals surface area contributed by atoms with E-state index < -0.39 is 6.10 Å². The van der Waals surface area contributed by atoms with Crippen LogP contribution in [0.5, 0.6) is 5.75 Å². The fraction of sp³-hybridized carbons (Fsp3) is 0.400. The molecule has 3 atom stereocenters. The standard InChI is InChI=1S/C20H24O4S/c1-13-2-3-15(8-20(13)23)14-4-6-19(7-5-14)25-12-18-10-16(22)9-17(11-21)24-18/h2-8,16-18,21-23H,9-12H2,1H3. The van der Waals surface area contributed by atoms with Gasteiger partial charge in [0.1, 0.15) is 5.75 Å². The number of phenols is 1. The van der Waals surface area contributed by atoms with Crippen LogP contribution >= 0.6 is 11.8 Å². The van der Waals surface area contributed by atoms with Crippen LogP contribution < -0.4 is 0 Å². The van der Waals surface area contributed by atoms with Crippen LogP contribution in [-0.2, 0) is 4.74 Å². The van der Waals surface area contributed by atoms with Gasteiger partial charge < -0.3 is 20.1 Å². The zero-order valence-electron chi connectivity index (χ0n) is 14.3. The molecule has 1 heterocycles. The molecule has 0 saturated carbocycles. The van der Waals surface area contributed by atoms with Crippen LogP contribution in [0, 0.1) is 6.92 Å². The van der Waals surface area contributed by atoms with Crippen molar-refractivity contribution < 1.29 is 20.1 Å². The first-order valence-electron chi connectivity index (χ1n) is 8.52. The molecule has 1 aliphatic heterocycles. The number of phenolic OH excluding ortho intramolecular Hbond substituents is 1. The Bertz CT molecular complexity index is 701. The highest BCUT2D eigenvalue weighted by molar-refractivity contribution is 7.99. The van der Waals surface area contributed by atoms with E-state index in [0.29, 0.717) is 18.6 Å². The van der Waals surface area contributed by atoms with Gasteiger partial charge in [0.25, 0.3) is 0 Å². The van der Waals surface area contributed by atoms with E-state index >= 15 is 0 Å². The minimum atomic E-state index is -0.395. The molecule has 134 valence electrons. The summed E-state index contributed by atoms with van der Waals surface area (Å²) in [5.74, 6) is 1.06. The van der Waals surface area contributed by atoms with Crippen molar-refractivity contribution in [1.82, 2.24) is 0 Å². The first-order valence-corrected chi connectivity index (χ1v) is 9.51. The Kier molecular flexibility index (Phi) is 6.02. The number of thioether (sulfide) groups is 1. The van der Waals surface area contributed by atoms with Crippen LogP contribution in [0.3, 0.4) is 0 Å². The number of benzene rings is 2. The van der Waals surface area contributed by atoms with Crippen molar-refractivity contribution in [3.63, 3.8) is 0 Å². The predicted molar refractivity (Wildman–Crippen MR) is 100.0 cm³/mol. The highest BCUT2D eigenvalue weighted by atomic mass is 32.2. The van der Waals surface area contributed by atoms with Crippen molar-refractivity contribution in [1.29, 1.82) is 0 Å². The fourth-order valence-electron chi connectivity index (χ4n) is 3.03. The summed E-state index contributed by atoms with van der Waals surface area (Å²) in [5, 5.41) is 28.9. The highest BCUT2D eigenvalue weighted by Crippen LogP contribution is 2.30. The molecule has 3 unspecified atom stereocenters. The lowest BCUT2D eigenvalue weighted by Gasteiger charge is -2.32. The van der Waals surface area contributed by atoms with E-state index in [1.54, 1.807) is 17.8 Å². The van der Waals surface area contributed by atoms with Crippen LogP contribution in [0.4, 0.5) is 0 Å². The van der Waals surface area contributed by atoms with Crippen molar-refractivity contribution in [3.8, 4) is 16.9 Å². The number of aliphatic hydroxyl groups excluding tert-OH is 2. The first-order chi connectivity index (χ1) is 12.0. The third kappa shape index (κ3) is 4.76. The molecular formula is C20H24O4S. The van der Waals surface area contributed by atoms with Crippen molar-refractivity contribution in [2.24, 2.45) is 0 Å². The predicted octanol–water partition coefficient (Wildman–Crippen LogP) is 3.36. The van der Waals surface area contributed by atoms with Crippen LogP contribution in [0.2, 0.25) is 0 Å². The Balaban J connectivity index is 1.60. The molecule has 5 heteroatoms. The number of hydrogen-bond donors (Lipinski definition) is 3. The molecule has 1 fully saturated rings. The Labute approximate surface area is 152 Å². The van der Waals surface area contributed by atoms with Gasteiger partial charge in [-0.3, -0.25) is 0 Å². The molecule has 4 nitrogen and oxygen atoms in total. The lowest BCUT2D eigenvalue weighted by Crippen LogP contribution is -2.38. The molecule has 0 radical (unpaired) electrons. The number of aromatic hydroxyl groups is 1. The van der Waals surface area contributed by atoms with Gasteiger partial charge in [-0.15, -0.1) is 11.8 Å². The molecule has 3 rings (SSSR count). The van der Waals surface area contributed by atoms with Crippen LogP contribution in [0.25, 0.3) is 11.1 Å². The van der Waals surface area contributed by atoms with E-state index in [-0.39, 0.29) is 18.8 Å². The van der Waals surface area contributed by atoms with Crippen molar-refractivity contribution in [2.45, 2.75) is 43.0 Å². The summed E-state index contributed by atoms with van der Waals surface area (Å²) in [6.07, 6.45) is 0.429. The maximum Gasteiger partial charge on any atom is 0.119 e. The third-order valence-electron chi connectivity index (χ3n) is 4.49. The smallest absolute Gasteiger partial charge is 0.119 e. The van der Waals surface area contributed by atoms with Gasteiger partial charge in [0.05, 0.1) is 24.9 Å². The summed E-state index contributed by atoms with van der Waals surface area (Å²) >= 11 is 1.68. The maximum atomic E-state index is 9.86. The largest absolute Gasteiger partial charge is 0.508 e. The van der Waals surface area contributed by atoms with Gasteiger partial charge >= 0.3 is 0 Å². The Morgan fingerprint density at radius 3 is 2.40 bits per heavy atom. The van der Waals surface area contributed by atoms with Gasteiger partial charge in [-0.2, -0.15) is 0 Å².